The minimum Gasteiger partial charge on any atom is -0.396 e. The minimum atomic E-state index is 0.0721. The Morgan fingerprint density at radius 3 is 3.00 bits per heavy atom. The predicted molar refractivity (Wildman–Crippen MR) is 58.4 cm³/mol. The Morgan fingerprint density at radius 2 is 2.43 bits per heavy atom. The molecule has 74 valence electrons. The van der Waals surface area contributed by atoms with Gasteiger partial charge in [0, 0.05) is 24.4 Å². The molecule has 1 amide bonds. The van der Waals surface area contributed by atoms with Crippen molar-refractivity contribution >= 4 is 29.9 Å². The topological polar surface area (TPSA) is 59.2 Å². The van der Waals surface area contributed by atoms with Gasteiger partial charge >= 0.3 is 0 Å². The van der Waals surface area contributed by atoms with Crippen molar-refractivity contribution in [3.8, 4) is 0 Å². The molecule has 1 fully saturated rings. The van der Waals surface area contributed by atoms with Crippen LogP contribution in [0.25, 0.3) is 0 Å². The maximum atomic E-state index is 11.5. The highest BCUT2D eigenvalue weighted by molar-refractivity contribution is 7.81. The second-order valence-corrected chi connectivity index (χ2v) is 4.03. The second kappa shape index (κ2) is 3.49. The van der Waals surface area contributed by atoms with Crippen LogP contribution in [0.5, 0.6) is 0 Å². The quantitative estimate of drug-likeness (QED) is 0.669. The first-order chi connectivity index (χ1) is 6.68. The Balaban J connectivity index is 2.32. The van der Waals surface area contributed by atoms with Gasteiger partial charge in [-0.25, -0.2) is 0 Å². The summed E-state index contributed by atoms with van der Waals surface area (Å²) in [7, 11) is 0. The number of carbonyl (C=O) groups is 1. The molecule has 1 atom stereocenters. The fourth-order valence-corrected chi connectivity index (χ4v) is 1.89. The monoisotopic (exact) mass is 209 g/mol. The first-order valence-electron chi connectivity index (χ1n) is 4.36. The molecule has 1 saturated heterocycles. The highest BCUT2D eigenvalue weighted by Crippen LogP contribution is 2.27. The normalized spacial score (nSPS) is 21.6. The van der Waals surface area contributed by atoms with Gasteiger partial charge in [-0.2, -0.15) is 12.6 Å². The summed E-state index contributed by atoms with van der Waals surface area (Å²) in [6.45, 7) is 0.621. The van der Waals surface area contributed by atoms with Gasteiger partial charge in [-0.1, -0.05) is 0 Å². The third kappa shape index (κ3) is 1.55. The molecule has 2 N–H and O–H groups in total. The molecule has 1 aliphatic heterocycles. The van der Waals surface area contributed by atoms with Crippen LogP contribution < -0.4 is 10.6 Å². The Bertz CT molecular complexity index is 369. The van der Waals surface area contributed by atoms with Gasteiger partial charge in [0.1, 0.15) is 0 Å². The van der Waals surface area contributed by atoms with E-state index in [0.29, 0.717) is 18.7 Å². The molecule has 0 saturated carbocycles. The van der Waals surface area contributed by atoms with Gasteiger partial charge in [-0.05, 0) is 6.07 Å². The van der Waals surface area contributed by atoms with Gasteiger partial charge in [0.2, 0.25) is 5.91 Å². The lowest BCUT2D eigenvalue weighted by Gasteiger charge is -2.17. The van der Waals surface area contributed by atoms with Crippen molar-refractivity contribution < 1.29 is 4.79 Å². The molecule has 1 aliphatic rings. The van der Waals surface area contributed by atoms with E-state index < -0.39 is 0 Å². The molecule has 0 radical (unpaired) electrons. The highest BCUT2D eigenvalue weighted by atomic mass is 32.1. The van der Waals surface area contributed by atoms with Crippen molar-refractivity contribution in [2.45, 2.75) is 11.7 Å². The standard InChI is InChI=1S/C9H11N3OS/c10-7-4-11-2-1-8(7)12-5-6(14)3-9(12)13/h1-2,4,6,14H,3,5,10H2. The number of carbonyl (C=O) groups excluding carboxylic acids is 1. The molecule has 1 unspecified atom stereocenters. The van der Waals surface area contributed by atoms with Crippen molar-refractivity contribution in [2.75, 3.05) is 17.2 Å². The van der Waals surface area contributed by atoms with Crippen molar-refractivity contribution in [3.05, 3.63) is 18.5 Å². The van der Waals surface area contributed by atoms with E-state index in [-0.39, 0.29) is 11.2 Å². The molecule has 0 spiro atoms. The van der Waals surface area contributed by atoms with Crippen LogP contribution in [-0.2, 0) is 4.79 Å². The van der Waals surface area contributed by atoms with E-state index in [2.05, 4.69) is 17.6 Å². The van der Waals surface area contributed by atoms with E-state index in [1.807, 2.05) is 0 Å². The lowest BCUT2D eigenvalue weighted by molar-refractivity contribution is -0.117. The van der Waals surface area contributed by atoms with Gasteiger partial charge in [0.05, 0.1) is 17.6 Å². The van der Waals surface area contributed by atoms with Crippen LogP contribution >= 0.6 is 12.6 Å². The third-order valence-electron chi connectivity index (χ3n) is 2.22. The molecular weight excluding hydrogens is 198 g/mol. The maximum absolute atomic E-state index is 11.5. The van der Waals surface area contributed by atoms with E-state index in [1.165, 1.54) is 0 Å². The number of nitrogens with zero attached hydrogens (tertiary/aromatic N) is 2. The average Bonchev–Trinajstić information content (AvgIpc) is 2.46. The second-order valence-electron chi connectivity index (χ2n) is 3.30. The molecule has 1 aromatic rings. The van der Waals surface area contributed by atoms with Crippen molar-refractivity contribution in [3.63, 3.8) is 0 Å². The Kier molecular flexibility index (Phi) is 2.33. The SMILES string of the molecule is Nc1cnccc1N1CC(S)CC1=O. The molecule has 14 heavy (non-hydrogen) atoms. The number of aromatic nitrogens is 1. The van der Waals surface area contributed by atoms with E-state index in [4.69, 9.17) is 5.73 Å². The van der Waals surface area contributed by atoms with Gasteiger partial charge < -0.3 is 10.6 Å². The number of nitrogens with two attached hydrogens (primary N) is 1. The number of rotatable bonds is 1. The molecular formula is C9H11N3OS. The molecule has 2 heterocycles. The van der Waals surface area contributed by atoms with Gasteiger partial charge in [0.15, 0.2) is 0 Å². The summed E-state index contributed by atoms with van der Waals surface area (Å²) in [5.74, 6) is 0.0721. The summed E-state index contributed by atoms with van der Waals surface area (Å²) in [5, 5.41) is 0.107. The van der Waals surface area contributed by atoms with Crippen molar-refractivity contribution in [1.29, 1.82) is 0 Å². The van der Waals surface area contributed by atoms with Crippen LogP contribution in [0.2, 0.25) is 0 Å². The highest BCUT2D eigenvalue weighted by Gasteiger charge is 2.29. The fourth-order valence-electron chi connectivity index (χ4n) is 1.57. The van der Waals surface area contributed by atoms with E-state index in [0.717, 1.165) is 5.69 Å². The first kappa shape index (κ1) is 9.33. The summed E-state index contributed by atoms with van der Waals surface area (Å²) in [4.78, 5) is 17.1. The van der Waals surface area contributed by atoms with Crippen LogP contribution in [0, 0.1) is 0 Å². The number of hydrogen-bond donors (Lipinski definition) is 2. The summed E-state index contributed by atoms with van der Waals surface area (Å²) in [6.07, 6.45) is 3.66. The van der Waals surface area contributed by atoms with Crippen LogP contribution in [0.1, 0.15) is 6.42 Å². The van der Waals surface area contributed by atoms with Gasteiger partial charge in [0.25, 0.3) is 0 Å². The summed E-state index contributed by atoms with van der Waals surface area (Å²) >= 11 is 4.28. The molecule has 2 rings (SSSR count). The largest absolute Gasteiger partial charge is 0.396 e. The third-order valence-corrected chi connectivity index (χ3v) is 2.57. The molecule has 4 nitrogen and oxygen atoms in total. The molecule has 0 bridgehead atoms. The summed E-state index contributed by atoms with van der Waals surface area (Å²) in [6, 6.07) is 1.75. The Morgan fingerprint density at radius 1 is 1.64 bits per heavy atom. The zero-order chi connectivity index (χ0) is 10.1. The molecule has 1 aromatic heterocycles. The zero-order valence-electron chi connectivity index (χ0n) is 7.55. The number of amides is 1. The number of nitrogen functional groups attached to an aromatic ring is 1. The average molecular weight is 209 g/mol. The maximum Gasteiger partial charge on any atom is 0.228 e. The van der Waals surface area contributed by atoms with Crippen LogP contribution in [0.4, 0.5) is 11.4 Å². The Hall–Kier alpha value is -1.23. The fraction of sp³-hybridized carbons (Fsp3) is 0.333. The van der Waals surface area contributed by atoms with E-state index in [9.17, 15) is 4.79 Å². The molecule has 0 aliphatic carbocycles. The number of anilines is 2. The van der Waals surface area contributed by atoms with Crippen LogP contribution in [0.3, 0.4) is 0 Å². The van der Waals surface area contributed by atoms with Crippen molar-refractivity contribution in [2.24, 2.45) is 0 Å². The van der Waals surface area contributed by atoms with E-state index >= 15 is 0 Å². The van der Waals surface area contributed by atoms with Crippen LogP contribution in [-0.4, -0.2) is 22.7 Å². The number of pyridine rings is 1. The first-order valence-corrected chi connectivity index (χ1v) is 4.88. The minimum absolute atomic E-state index is 0.0721. The number of thiol groups is 1. The smallest absolute Gasteiger partial charge is 0.228 e. The Labute approximate surface area is 87.5 Å². The lowest BCUT2D eigenvalue weighted by atomic mass is 10.3. The van der Waals surface area contributed by atoms with Crippen LogP contribution in [0.15, 0.2) is 18.5 Å². The molecule has 5 heteroatoms. The molecule has 0 aromatic carbocycles. The zero-order valence-corrected chi connectivity index (χ0v) is 8.45. The predicted octanol–water partition coefficient (Wildman–Crippen LogP) is 0.699. The van der Waals surface area contributed by atoms with E-state index in [1.54, 1.807) is 23.4 Å². The summed E-state index contributed by atoms with van der Waals surface area (Å²) in [5.41, 5.74) is 7.00. The lowest BCUT2D eigenvalue weighted by Crippen LogP contribution is -2.25. The van der Waals surface area contributed by atoms with Crippen molar-refractivity contribution in [1.82, 2.24) is 4.98 Å². The number of hydrogen-bond acceptors (Lipinski definition) is 4. The van der Waals surface area contributed by atoms with Gasteiger partial charge in [-0.15, -0.1) is 0 Å². The van der Waals surface area contributed by atoms with Gasteiger partial charge in [-0.3, -0.25) is 9.78 Å². The summed E-state index contributed by atoms with van der Waals surface area (Å²) < 4.78 is 0.